The molecule has 0 unspecified atom stereocenters. The van der Waals surface area contributed by atoms with E-state index in [9.17, 15) is 0 Å². The third-order valence-electron chi connectivity index (χ3n) is 5.22. The van der Waals surface area contributed by atoms with Gasteiger partial charge in [0.1, 0.15) is 0 Å². The van der Waals surface area contributed by atoms with Crippen LogP contribution in [0.15, 0.2) is 97.8 Å². The molecule has 0 aliphatic heterocycles. The molecule has 4 aromatic heterocycles. The third-order valence-corrected chi connectivity index (χ3v) is 5.22. The molecule has 1 radical (unpaired) electrons. The van der Waals surface area contributed by atoms with Gasteiger partial charge in [0.2, 0.25) is 12.7 Å². The van der Waals surface area contributed by atoms with Gasteiger partial charge in [-0.25, -0.2) is 0 Å². The number of nitrogens with zero attached hydrogens (tertiary/aromatic N) is 7. The van der Waals surface area contributed by atoms with E-state index in [0.717, 1.165) is 22.8 Å². The molecule has 0 atom stereocenters. The Bertz CT molecular complexity index is 1400. The Morgan fingerprint density at radius 2 is 1.32 bits per heavy atom. The number of imidazole rings is 2. The normalized spacial score (nSPS) is 9.89. The van der Waals surface area contributed by atoms with Gasteiger partial charge in [0.05, 0.1) is 14.1 Å². The van der Waals surface area contributed by atoms with Gasteiger partial charge in [-0.3, -0.25) is 4.98 Å². The van der Waals surface area contributed by atoms with Crippen LogP contribution in [0, 0.1) is 38.6 Å². The molecular weight excluding hydrogens is 651 g/mol. The number of rotatable bonds is 3. The van der Waals surface area contributed by atoms with Crippen molar-refractivity contribution in [2.75, 3.05) is 0 Å². The first kappa shape index (κ1) is 28.4. The zero-order valence-corrected chi connectivity index (χ0v) is 24.1. The molecule has 4 heterocycles. The van der Waals surface area contributed by atoms with Gasteiger partial charge in [0, 0.05) is 63.0 Å². The summed E-state index contributed by atoms with van der Waals surface area (Å²) in [4.78, 5) is 4.12. The number of pyridine rings is 1. The summed E-state index contributed by atoms with van der Waals surface area (Å²) in [5, 5.41) is 7.58. The van der Waals surface area contributed by atoms with Crippen LogP contribution in [-0.2, 0) is 34.2 Å². The molecule has 0 aliphatic rings. The first-order valence-corrected chi connectivity index (χ1v) is 11.7. The zero-order chi connectivity index (χ0) is 26.0. The molecule has 2 aromatic carbocycles. The topological polar surface area (TPSA) is 57.5 Å². The predicted molar refractivity (Wildman–Crippen MR) is 139 cm³/mol. The summed E-state index contributed by atoms with van der Waals surface area (Å²) in [7, 11) is 3.90. The molecule has 6 aromatic rings. The molecule has 0 fully saturated rings. The van der Waals surface area contributed by atoms with Crippen molar-refractivity contribution >= 4 is 0 Å². The molecule has 38 heavy (non-hydrogen) atoms. The van der Waals surface area contributed by atoms with E-state index in [0.29, 0.717) is 0 Å². The van der Waals surface area contributed by atoms with Crippen molar-refractivity contribution in [3.8, 4) is 22.8 Å². The third kappa shape index (κ3) is 8.20. The maximum absolute atomic E-state index is 4.12. The molecule has 7 nitrogen and oxygen atoms in total. The van der Waals surface area contributed by atoms with E-state index < -0.39 is 0 Å². The SMILES string of the molecule is Cc1c[c-]c(-n2[c-][n+](C)cc2)cc1.Cc1c[c-]c(-n2[c-][n+](C)cc2)cc1.[Ir].c1ccc(-c2ccn[n-]2)nc1. The van der Waals surface area contributed by atoms with E-state index in [1.165, 1.54) is 11.1 Å². The fourth-order valence-corrected chi connectivity index (χ4v) is 3.25. The van der Waals surface area contributed by atoms with E-state index in [2.05, 4.69) is 65.9 Å². The quantitative estimate of drug-likeness (QED) is 0.213. The monoisotopic (exact) mass is 679 g/mol. The minimum atomic E-state index is 0. The molecule has 0 N–H and O–H groups in total. The second-order valence-electron chi connectivity index (χ2n) is 8.39. The molecule has 0 aliphatic carbocycles. The summed E-state index contributed by atoms with van der Waals surface area (Å²) < 4.78 is 7.60. The minimum absolute atomic E-state index is 0. The number of benzene rings is 2. The minimum Gasteiger partial charge on any atom is -0.574 e. The van der Waals surface area contributed by atoms with Crippen molar-refractivity contribution in [2.24, 2.45) is 14.1 Å². The Hall–Kier alpha value is -4.13. The van der Waals surface area contributed by atoms with Crippen LogP contribution < -0.4 is 14.2 Å². The summed E-state index contributed by atoms with van der Waals surface area (Å²) >= 11 is 0. The van der Waals surface area contributed by atoms with Crippen LogP contribution in [0.5, 0.6) is 0 Å². The van der Waals surface area contributed by atoms with Gasteiger partial charge in [-0.15, -0.1) is 0 Å². The second kappa shape index (κ2) is 14.0. The zero-order valence-electron chi connectivity index (χ0n) is 21.7. The van der Waals surface area contributed by atoms with Crippen LogP contribution >= 0.6 is 0 Å². The van der Waals surface area contributed by atoms with Crippen molar-refractivity contribution in [1.82, 2.24) is 24.3 Å². The maximum atomic E-state index is 4.12. The summed E-state index contributed by atoms with van der Waals surface area (Å²) in [6.45, 7) is 4.11. The number of hydrogen-bond acceptors (Lipinski definition) is 2. The van der Waals surface area contributed by atoms with E-state index in [4.69, 9.17) is 0 Å². The van der Waals surface area contributed by atoms with Gasteiger partial charge >= 0.3 is 0 Å². The van der Waals surface area contributed by atoms with Crippen LogP contribution in [0.25, 0.3) is 22.8 Å². The van der Waals surface area contributed by atoms with Crippen LogP contribution in [0.3, 0.4) is 0 Å². The van der Waals surface area contributed by atoms with E-state index in [1.807, 2.05) is 106 Å². The van der Waals surface area contributed by atoms with Crippen molar-refractivity contribution in [3.05, 3.63) is 134 Å². The molecule has 6 rings (SSSR count). The molecule has 195 valence electrons. The second-order valence-corrected chi connectivity index (χ2v) is 8.39. The van der Waals surface area contributed by atoms with E-state index in [-0.39, 0.29) is 20.1 Å². The summed E-state index contributed by atoms with van der Waals surface area (Å²) in [5.74, 6) is 0. The van der Waals surface area contributed by atoms with Crippen LogP contribution in [0.1, 0.15) is 11.1 Å². The fraction of sp³-hybridized carbons (Fsp3) is 0.133. The van der Waals surface area contributed by atoms with Crippen LogP contribution in [0.2, 0.25) is 0 Å². The Kier molecular flexibility index (Phi) is 10.5. The molecule has 0 amide bonds. The van der Waals surface area contributed by atoms with Gasteiger partial charge in [0.15, 0.2) is 0 Å². The first-order valence-electron chi connectivity index (χ1n) is 11.7. The maximum Gasteiger partial charge on any atom is 0.241 e. The summed E-state index contributed by atoms with van der Waals surface area (Å²) in [6.07, 6.45) is 17.4. The van der Waals surface area contributed by atoms with Gasteiger partial charge in [-0.1, -0.05) is 43.0 Å². The Morgan fingerprint density at radius 1 is 0.737 bits per heavy atom. The fourth-order valence-electron chi connectivity index (χ4n) is 3.25. The van der Waals surface area contributed by atoms with Gasteiger partial charge in [-0.2, -0.15) is 59.7 Å². The van der Waals surface area contributed by atoms with Gasteiger partial charge in [0.25, 0.3) is 0 Å². The van der Waals surface area contributed by atoms with Crippen molar-refractivity contribution < 1.29 is 29.2 Å². The van der Waals surface area contributed by atoms with Crippen molar-refractivity contribution in [2.45, 2.75) is 13.8 Å². The van der Waals surface area contributed by atoms with Gasteiger partial charge in [-0.05, 0) is 12.1 Å². The molecule has 0 bridgehead atoms. The average Bonchev–Trinajstić information content (AvgIpc) is 3.69. The van der Waals surface area contributed by atoms with E-state index in [1.54, 1.807) is 12.4 Å². The molecule has 8 heteroatoms. The summed E-state index contributed by atoms with van der Waals surface area (Å²) in [6, 6.07) is 26.1. The molecule has 0 spiro atoms. The van der Waals surface area contributed by atoms with Crippen molar-refractivity contribution in [3.63, 3.8) is 0 Å². The largest absolute Gasteiger partial charge is 0.574 e. The Labute approximate surface area is 237 Å². The smallest absolute Gasteiger partial charge is 0.241 e. The predicted octanol–water partition coefficient (Wildman–Crippen LogP) is 3.52. The average molecular weight is 679 g/mol. The number of aryl methyl sites for hydroxylation is 4. The molecule has 0 saturated carbocycles. The number of aromatic nitrogens is 7. The number of hydrogen-bond donors (Lipinski definition) is 0. The van der Waals surface area contributed by atoms with E-state index >= 15 is 0 Å². The first-order chi connectivity index (χ1) is 18.0. The Balaban J connectivity index is 0.000000156. The summed E-state index contributed by atoms with van der Waals surface area (Å²) in [5.41, 5.74) is 6.17. The van der Waals surface area contributed by atoms with Crippen LogP contribution in [-0.4, -0.2) is 19.2 Å². The van der Waals surface area contributed by atoms with Crippen molar-refractivity contribution in [1.29, 1.82) is 0 Å². The molecule has 0 saturated heterocycles. The molecular formula is C30H28IrN7-3. The van der Waals surface area contributed by atoms with Crippen LogP contribution in [0.4, 0.5) is 0 Å². The standard InChI is InChI=1S/2C11H11N2.C8H6N3.Ir/c2*1-10-3-5-11(6-4-10)13-8-7-12(2)9-13;1-2-5-9-7(3-1)8-4-6-10-11-8;/h2*3-5,7-8H,1-2H3;1-6H;/q3*-1;. The Morgan fingerprint density at radius 3 is 1.68 bits per heavy atom. The van der Waals surface area contributed by atoms with Gasteiger partial charge < -0.3 is 28.5 Å².